The predicted molar refractivity (Wildman–Crippen MR) is 191 cm³/mol. The predicted octanol–water partition coefficient (Wildman–Crippen LogP) is 9.20. The summed E-state index contributed by atoms with van der Waals surface area (Å²) < 4.78 is 17.2. The highest BCUT2D eigenvalue weighted by atomic mass is 35.5. The van der Waals surface area contributed by atoms with E-state index in [0.29, 0.717) is 39.8 Å². The third-order valence-corrected chi connectivity index (χ3v) is 9.61. The second-order valence-corrected chi connectivity index (χ2v) is 13.1. The van der Waals surface area contributed by atoms with Crippen molar-refractivity contribution < 1.29 is 14.0 Å². The molecule has 0 unspecified atom stereocenters. The summed E-state index contributed by atoms with van der Waals surface area (Å²) in [5, 5.41) is 9.94. The van der Waals surface area contributed by atoms with E-state index in [-0.39, 0.29) is 26.2 Å². The largest absolute Gasteiger partial charge is 0.378 e. The highest BCUT2D eigenvalue weighted by Crippen LogP contribution is 2.54. The van der Waals surface area contributed by atoms with Gasteiger partial charge in [0.15, 0.2) is 11.6 Å². The SMILES string of the molecule is Cc1nn(C(=O)c2ccccc2Cl)c2c1C(c1ccc(N(C)C)cc1)c1c(C)nn(C(=O)c3ccccc3Cl)c1N2c1ccc(F)c(Cl)c1. The second-order valence-electron chi connectivity index (χ2n) is 11.9. The summed E-state index contributed by atoms with van der Waals surface area (Å²) in [6.45, 7) is 3.65. The lowest BCUT2D eigenvalue weighted by Crippen LogP contribution is -2.30. The molecule has 8 nitrogen and oxygen atoms in total. The van der Waals surface area contributed by atoms with Crippen LogP contribution in [0.5, 0.6) is 0 Å². The molecule has 246 valence electrons. The molecule has 4 aromatic carbocycles. The van der Waals surface area contributed by atoms with E-state index in [1.807, 2.05) is 57.1 Å². The minimum absolute atomic E-state index is 0.151. The van der Waals surface area contributed by atoms with Crippen LogP contribution < -0.4 is 9.80 Å². The fourth-order valence-electron chi connectivity index (χ4n) is 6.35. The molecular formula is C37H28Cl3FN6O2. The van der Waals surface area contributed by atoms with Gasteiger partial charge in [0.25, 0.3) is 11.8 Å². The van der Waals surface area contributed by atoms with Gasteiger partial charge in [0, 0.05) is 36.8 Å². The van der Waals surface area contributed by atoms with E-state index in [1.165, 1.54) is 27.6 Å². The average Bonchev–Trinajstić information content (AvgIpc) is 3.61. The van der Waals surface area contributed by atoms with E-state index in [4.69, 9.17) is 45.0 Å². The molecule has 0 saturated heterocycles. The maximum Gasteiger partial charge on any atom is 0.281 e. The molecule has 12 heteroatoms. The van der Waals surface area contributed by atoms with Crippen LogP contribution in [0.4, 0.5) is 27.4 Å². The van der Waals surface area contributed by atoms with Crippen molar-refractivity contribution in [1.29, 1.82) is 0 Å². The molecule has 0 N–H and O–H groups in total. The number of nitrogens with zero attached hydrogens (tertiary/aromatic N) is 6. The highest BCUT2D eigenvalue weighted by molar-refractivity contribution is 6.34. The normalized spacial score (nSPS) is 12.5. The van der Waals surface area contributed by atoms with Gasteiger partial charge in [-0.25, -0.2) is 4.39 Å². The Morgan fingerprint density at radius 2 is 1.18 bits per heavy atom. The zero-order valence-electron chi connectivity index (χ0n) is 26.7. The van der Waals surface area contributed by atoms with Crippen LogP contribution in [0.1, 0.15) is 54.7 Å². The maximum absolute atomic E-state index is 14.7. The highest BCUT2D eigenvalue weighted by Gasteiger charge is 2.44. The van der Waals surface area contributed by atoms with Crippen LogP contribution >= 0.6 is 34.8 Å². The van der Waals surface area contributed by atoms with E-state index >= 15 is 0 Å². The smallest absolute Gasteiger partial charge is 0.281 e. The van der Waals surface area contributed by atoms with Crippen molar-refractivity contribution >= 4 is 69.6 Å². The Balaban J connectivity index is 1.59. The van der Waals surface area contributed by atoms with Crippen LogP contribution in [0.25, 0.3) is 0 Å². The Morgan fingerprint density at radius 3 is 1.63 bits per heavy atom. The summed E-state index contributed by atoms with van der Waals surface area (Å²) in [7, 11) is 3.92. The fraction of sp³-hybridized carbons (Fsp3) is 0.135. The van der Waals surface area contributed by atoms with E-state index in [9.17, 15) is 14.0 Å². The first-order valence-electron chi connectivity index (χ1n) is 15.3. The Bertz CT molecular complexity index is 2190. The summed E-state index contributed by atoms with van der Waals surface area (Å²) in [4.78, 5) is 32.5. The Labute approximate surface area is 296 Å². The van der Waals surface area contributed by atoms with Crippen molar-refractivity contribution in [2.24, 2.45) is 0 Å². The molecule has 0 amide bonds. The molecule has 0 fully saturated rings. The summed E-state index contributed by atoms with van der Waals surface area (Å²) in [5.41, 5.74) is 5.20. The van der Waals surface area contributed by atoms with Crippen LogP contribution in [0.3, 0.4) is 0 Å². The van der Waals surface area contributed by atoms with Crippen molar-refractivity contribution in [2.45, 2.75) is 19.8 Å². The molecule has 0 aliphatic carbocycles. The summed E-state index contributed by atoms with van der Waals surface area (Å²) in [6.07, 6.45) is 0. The van der Waals surface area contributed by atoms with Gasteiger partial charge in [-0.05, 0) is 74.0 Å². The lowest BCUT2D eigenvalue weighted by atomic mass is 9.81. The molecule has 2 aromatic heterocycles. The Kier molecular flexibility index (Phi) is 8.30. The fourth-order valence-corrected chi connectivity index (χ4v) is 6.96. The van der Waals surface area contributed by atoms with Gasteiger partial charge in [0.1, 0.15) is 5.82 Å². The molecule has 0 saturated carbocycles. The summed E-state index contributed by atoms with van der Waals surface area (Å²) in [5.74, 6) is -1.50. The molecule has 0 spiro atoms. The number of carbonyl (C=O) groups excluding carboxylic acids is 2. The van der Waals surface area contributed by atoms with Crippen molar-refractivity contribution in [1.82, 2.24) is 19.6 Å². The molecular weight excluding hydrogens is 686 g/mol. The number of carbonyl (C=O) groups is 2. The molecule has 3 heterocycles. The van der Waals surface area contributed by atoms with Gasteiger partial charge in [0.2, 0.25) is 0 Å². The number of hydrogen-bond acceptors (Lipinski definition) is 6. The molecule has 1 aliphatic rings. The van der Waals surface area contributed by atoms with Gasteiger partial charge in [-0.15, -0.1) is 0 Å². The van der Waals surface area contributed by atoms with E-state index in [1.54, 1.807) is 53.4 Å². The Morgan fingerprint density at radius 1 is 0.694 bits per heavy atom. The summed E-state index contributed by atoms with van der Waals surface area (Å²) in [6, 6.07) is 25.6. The molecule has 7 rings (SSSR count). The molecule has 1 aliphatic heterocycles. The van der Waals surface area contributed by atoms with Crippen molar-refractivity contribution in [2.75, 3.05) is 23.9 Å². The van der Waals surface area contributed by atoms with Gasteiger partial charge in [-0.3, -0.25) is 14.5 Å². The molecule has 49 heavy (non-hydrogen) atoms. The first-order valence-corrected chi connectivity index (χ1v) is 16.4. The van der Waals surface area contributed by atoms with Crippen LogP contribution in [0.15, 0.2) is 91.0 Å². The number of hydrogen-bond donors (Lipinski definition) is 0. The number of rotatable bonds is 5. The number of anilines is 4. The van der Waals surface area contributed by atoms with Crippen molar-refractivity contribution in [3.8, 4) is 0 Å². The van der Waals surface area contributed by atoms with Gasteiger partial charge in [-0.1, -0.05) is 71.2 Å². The number of aryl methyl sites for hydroxylation is 2. The topological polar surface area (TPSA) is 76.3 Å². The third kappa shape index (κ3) is 5.38. The quantitative estimate of drug-likeness (QED) is 0.177. The lowest BCUT2D eigenvalue weighted by Gasteiger charge is -2.35. The van der Waals surface area contributed by atoms with Crippen molar-refractivity contribution in [3.63, 3.8) is 0 Å². The van der Waals surface area contributed by atoms with Crippen LogP contribution in [-0.2, 0) is 0 Å². The minimum atomic E-state index is -0.629. The minimum Gasteiger partial charge on any atom is -0.378 e. The van der Waals surface area contributed by atoms with Gasteiger partial charge < -0.3 is 4.90 Å². The Hall–Kier alpha value is -4.96. The molecule has 6 aromatic rings. The number of halogens is 4. The monoisotopic (exact) mass is 712 g/mol. The van der Waals surface area contributed by atoms with Gasteiger partial charge >= 0.3 is 0 Å². The van der Waals surface area contributed by atoms with Gasteiger partial charge in [0.05, 0.1) is 43.3 Å². The standard InChI is InChI=1S/C37H28Cl3FN6O2/c1-20-31-33(22-13-15-23(16-14-22)44(3)4)32-21(2)43-47(37(49)26-10-6-8-12-28(26)39)35(32)45(24-17-18-30(41)29(40)19-24)34(31)46(42-20)36(48)25-9-5-7-11-27(25)38/h5-19,33H,1-4H3. The zero-order valence-corrected chi connectivity index (χ0v) is 29.0. The molecule has 0 atom stereocenters. The average molecular weight is 714 g/mol. The molecule has 0 radical (unpaired) electrons. The summed E-state index contributed by atoms with van der Waals surface area (Å²) >= 11 is 19.5. The van der Waals surface area contributed by atoms with Crippen molar-refractivity contribution in [3.05, 3.63) is 151 Å². The van der Waals surface area contributed by atoms with Crippen LogP contribution in [0.2, 0.25) is 15.1 Å². The zero-order chi connectivity index (χ0) is 34.7. The van der Waals surface area contributed by atoms with E-state index in [0.717, 1.165) is 11.3 Å². The number of aromatic nitrogens is 4. The lowest BCUT2D eigenvalue weighted by molar-refractivity contribution is 0.0942. The van der Waals surface area contributed by atoms with Crippen LogP contribution in [0, 0.1) is 19.7 Å². The number of fused-ring (bicyclic) bond motifs is 2. The first-order chi connectivity index (χ1) is 23.5. The van der Waals surface area contributed by atoms with Crippen LogP contribution in [-0.4, -0.2) is 45.5 Å². The third-order valence-electron chi connectivity index (χ3n) is 8.66. The van der Waals surface area contributed by atoms with E-state index < -0.39 is 23.5 Å². The second kappa shape index (κ2) is 12.5. The molecule has 0 bridgehead atoms. The first kappa shape index (κ1) is 32.6. The number of benzene rings is 4. The maximum atomic E-state index is 14.7. The van der Waals surface area contributed by atoms with E-state index in [2.05, 4.69) is 0 Å². The van der Waals surface area contributed by atoms with Gasteiger partial charge in [-0.2, -0.15) is 19.6 Å².